The summed E-state index contributed by atoms with van der Waals surface area (Å²) in [4.78, 5) is 12.2. The van der Waals surface area contributed by atoms with Gasteiger partial charge < -0.3 is 19.2 Å². The number of furan rings is 1. The number of hydrogen-bond acceptors (Lipinski definition) is 4. The second-order valence-corrected chi connectivity index (χ2v) is 6.69. The van der Waals surface area contributed by atoms with Crippen LogP contribution in [0.1, 0.15) is 28.9 Å². The number of aryl methyl sites for hydroxylation is 2. The van der Waals surface area contributed by atoms with Crippen LogP contribution in [-0.4, -0.2) is 12.5 Å². The standard InChI is InChI=1S/C23H25NO4/c1-17-8-9-22(18(2)13-17)28-12-10-23(25)24-20-6-3-5-19(14-20)15-26-16-21-7-4-11-27-21/h3-9,11,13-14H,10,12,15-16H2,1-2H3,(H,24,25). The van der Waals surface area contributed by atoms with Crippen LogP contribution in [-0.2, 0) is 22.7 Å². The topological polar surface area (TPSA) is 60.7 Å². The van der Waals surface area contributed by atoms with Crippen LogP contribution in [0.4, 0.5) is 5.69 Å². The molecule has 2 aromatic carbocycles. The van der Waals surface area contributed by atoms with Crippen LogP contribution in [0.15, 0.2) is 65.3 Å². The first-order valence-electron chi connectivity index (χ1n) is 9.29. The van der Waals surface area contributed by atoms with Crippen LogP contribution >= 0.6 is 0 Å². The average Bonchev–Trinajstić information content (AvgIpc) is 3.17. The van der Waals surface area contributed by atoms with Gasteiger partial charge in [0.1, 0.15) is 18.1 Å². The monoisotopic (exact) mass is 379 g/mol. The van der Waals surface area contributed by atoms with Gasteiger partial charge in [0, 0.05) is 5.69 Å². The van der Waals surface area contributed by atoms with Crippen molar-refractivity contribution in [1.82, 2.24) is 0 Å². The van der Waals surface area contributed by atoms with Gasteiger partial charge in [0.05, 0.1) is 25.9 Å². The average molecular weight is 379 g/mol. The minimum absolute atomic E-state index is 0.0848. The number of nitrogens with one attached hydrogen (secondary N) is 1. The summed E-state index contributed by atoms with van der Waals surface area (Å²) in [6.45, 7) is 5.24. The van der Waals surface area contributed by atoms with Gasteiger partial charge in [0.15, 0.2) is 0 Å². The first-order chi connectivity index (χ1) is 13.6. The number of rotatable bonds is 9. The van der Waals surface area contributed by atoms with E-state index in [9.17, 15) is 4.79 Å². The van der Waals surface area contributed by atoms with Gasteiger partial charge in [-0.25, -0.2) is 0 Å². The Morgan fingerprint density at radius 3 is 2.71 bits per heavy atom. The normalized spacial score (nSPS) is 10.6. The number of carbonyl (C=O) groups is 1. The van der Waals surface area contributed by atoms with Crippen LogP contribution < -0.4 is 10.1 Å². The maximum absolute atomic E-state index is 12.2. The van der Waals surface area contributed by atoms with Gasteiger partial charge in [-0.1, -0.05) is 29.8 Å². The van der Waals surface area contributed by atoms with Gasteiger partial charge >= 0.3 is 0 Å². The van der Waals surface area contributed by atoms with Crippen molar-refractivity contribution in [1.29, 1.82) is 0 Å². The quantitative estimate of drug-likeness (QED) is 0.567. The highest BCUT2D eigenvalue weighted by molar-refractivity contribution is 5.90. The summed E-state index contributed by atoms with van der Waals surface area (Å²) in [5.41, 5.74) is 3.99. The van der Waals surface area contributed by atoms with Crippen molar-refractivity contribution < 1.29 is 18.7 Å². The van der Waals surface area contributed by atoms with Crippen molar-refractivity contribution in [2.45, 2.75) is 33.5 Å². The lowest BCUT2D eigenvalue weighted by molar-refractivity contribution is -0.116. The lowest BCUT2D eigenvalue weighted by Gasteiger charge is -2.11. The highest BCUT2D eigenvalue weighted by Crippen LogP contribution is 2.19. The van der Waals surface area contributed by atoms with Crippen LogP contribution in [0.25, 0.3) is 0 Å². The molecule has 0 spiro atoms. The Kier molecular flexibility index (Phi) is 6.87. The van der Waals surface area contributed by atoms with E-state index in [0.29, 0.717) is 19.8 Å². The molecule has 28 heavy (non-hydrogen) atoms. The van der Waals surface area contributed by atoms with Gasteiger partial charge in [0.2, 0.25) is 5.91 Å². The van der Waals surface area contributed by atoms with Gasteiger partial charge in [-0.15, -0.1) is 0 Å². The predicted octanol–water partition coefficient (Wildman–Crippen LogP) is 5.02. The summed E-state index contributed by atoms with van der Waals surface area (Å²) in [5.74, 6) is 1.51. The molecule has 0 bridgehead atoms. The molecule has 0 unspecified atom stereocenters. The number of ether oxygens (including phenoxy) is 2. The van der Waals surface area contributed by atoms with Crippen LogP contribution in [0.2, 0.25) is 0 Å². The summed E-state index contributed by atoms with van der Waals surface area (Å²) in [6.07, 6.45) is 1.91. The molecule has 0 atom stereocenters. The molecular weight excluding hydrogens is 354 g/mol. The predicted molar refractivity (Wildman–Crippen MR) is 108 cm³/mol. The summed E-state index contributed by atoms with van der Waals surface area (Å²) < 4.78 is 16.6. The van der Waals surface area contributed by atoms with Crippen LogP contribution in [0, 0.1) is 13.8 Å². The fraction of sp³-hybridized carbons (Fsp3) is 0.261. The zero-order valence-electron chi connectivity index (χ0n) is 16.2. The Balaban J connectivity index is 1.43. The lowest BCUT2D eigenvalue weighted by atomic mass is 10.1. The number of carbonyl (C=O) groups excluding carboxylic acids is 1. The first-order valence-corrected chi connectivity index (χ1v) is 9.29. The van der Waals surface area contributed by atoms with Crippen LogP contribution in [0.3, 0.4) is 0 Å². The van der Waals surface area contributed by atoms with Gasteiger partial charge in [-0.2, -0.15) is 0 Å². The van der Waals surface area contributed by atoms with Crippen molar-refractivity contribution >= 4 is 11.6 Å². The van der Waals surface area contributed by atoms with E-state index < -0.39 is 0 Å². The Morgan fingerprint density at radius 1 is 1.04 bits per heavy atom. The van der Waals surface area contributed by atoms with E-state index in [1.807, 2.05) is 62.4 Å². The van der Waals surface area contributed by atoms with Crippen molar-refractivity contribution in [2.24, 2.45) is 0 Å². The number of benzene rings is 2. The van der Waals surface area contributed by atoms with E-state index in [4.69, 9.17) is 13.9 Å². The number of hydrogen-bond donors (Lipinski definition) is 1. The molecule has 5 heteroatoms. The molecule has 3 rings (SSSR count). The molecule has 0 saturated carbocycles. The zero-order valence-corrected chi connectivity index (χ0v) is 16.2. The first kappa shape index (κ1) is 19.7. The van der Waals surface area contributed by atoms with E-state index in [-0.39, 0.29) is 12.3 Å². The van der Waals surface area contributed by atoms with E-state index in [1.165, 1.54) is 5.56 Å². The molecule has 1 heterocycles. The molecule has 1 aromatic heterocycles. The molecule has 0 radical (unpaired) electrons. The second-order valence-electron chi connectivity index (χ2n) is 6.69. The fourth-order valence-electron chi connectivity index (χ4n) is 2.84. The van der Waals surface area contributed by atoms with E-state index in [1.54, 1.807) is 6.26 Å². The molecule has 0 aliphatic heterocycles. The smallest absolute Gasteiger partial charge is 0.227 e. The largest absolute Gasteiger partial charge is 0.493 e. The SMILES string of the molecule is Cc1ccc(OCCC(=O)Nc2cccc(COCc3ccco3)c2)c(C)c1. The number of amides is 1. The lowest BCUT2D eigenvalue weighted by Crippen LogP contribution is -2.15. The molecule has 0 saturated heterocycles. The van der Waals surface area contributed by atoms with Gasteiger partial charge in [-0.05, 0) is 55.3 Å². The minimum atomic E-state index is -0.0848. The minimum Gasteiger partial charge on any atom is -0.493 e. The molecule has 0 aliphatic carbocycles. The molecule has 0 aliphatic rings. The maximum Gasteiger partial charge on any atom is 0.227 e. The van der Waals surface area contributed by atoms with Crippen molar-refractivity contribution in [3.8, 4) is 5.75 Å². The molecule has 146 valence electrons. The summed E-state index contributed by atoms with van der Waals surface area (Å²) in [6, 6.07) is 17.3. The summed E-state index contributed by atoms with van der Waals surface area (Å²) in [5, 5.41) is 2.90. The Hall–Kier alpha value is -3.05. The van der Waals surface area contributed by atoms with Gasteiger partial charge in [-0.3, -0.25) is 4.79 Å². The zero-order chi connectivity index (χ0) is 19.8. The summed E-state index contributed by atoms with van der Waals surface area (Å²) in [7, 11) is 0. The highest BCUT2D eigenvalue weighted by Gasteiger charge is 2.06. The van der Waals surface area contributed by atoms with Crippen LogP contribution in [0.5, 0.6) is 5.75 Å². The molecule has 1 amide bonds. The van der Waals surface area contributed by atoms with E-state index in [2.05, 4.69) is 11.4 Å². The van der Waals surface area contributed by atoms with Gasteiger partial charge in [0.25, 0.3) is 0 Å². The second kappa shape index (κ2) is 9.76. The van der Waals surface area contributed by atoms with E-state index >= 15 is 0 Å². The molecule has 5 nitrogen and oxygen atoms in total. The molecule has 0 fully saturated rings. The molecule has 1 N–H and O–H groups in total. The maximum atomic E-state index is 12.2. The third-order valence-electron chi connectivity index (χ3n) is 4.22. The van der Waals surface area contributed by atoms with Crippen molar-refractivity contribution in [3.63, 3.8) is 0 Å². The third-order valence-corrected chi connectivity index (χ3v) is 4.22. The third kappa shape index (κ3) is 5.99. The Labute approximate surface area is 165 Å². The van der Waals surface area contributed by atoms with E-state index in [0.717, 1.165) is 28.3 Å². The Morgan fingerprint density at radius 2 is 1.93 bits per heavy atom. The summed E-state index contributed by atoms with van der Waals surface area (Å²) >= 11 is 0. The molecular formula is C23H25NO4. The molecule has 3 aromatic rings. The highest BCUT2D eigenvalue weighted by atomic mass is 16.5. The fourth-order valence-corrected chi connectivity index (χ4v) is 2.84. The van der Waals surface area contributed by atoms with Crippen molar-refractivity contribution in [2.75, 3.05) is 11.9 Å². The number of anilines is 1. The van der Waals surface area contributed by atoms with Crippen molar-refractivity contribution in [3.05, 3.63) is 83.3 Å². The Bertz CT molecular complexity index is 903.